The lowest BCUT2D eigenvalue weighted by Gasteiger charge is -2.16. The molecule has 8 nitrogen and oxygen atoms in total. The smallest absolute Gasteiger partial charge is 0.421 e. The van der Waals surface area contributed by atoms with Crippen LogP contribution in [0.3, 0.4) is 0 Å². The summed E-state index contributed by atoms with van der Waals surface area (Å²) in [5, 5.41) is 6.94. The summed E-state index contributed by atoms with van der Waals surface area (Å²) in [5.41, 5.74) is 5.08. The molecule has 0 aliphatic carbocycles. The van der Waals surface area contributed by atoms with Crippen LogP contribution in [0.25, 0.3) is 0 Å². The van der Waals surface area contributed by atoms with Crippen molar-refractivity contribution in [3.63, 3.8) is 0 Å². The highest BCUT2D eigenvalue weighted by atomic mass is 32.2. The number of hydrogen-bond acceptors (Lipinski definition) is 5. The minimum Gasteiger partial charge on any atom is -0.449 e. The molecule has 0 aromatic carbocycles. The van der Waals surface area contributed by atoms with Crippen molar-refractivity contribution in [1.82, 2.24) is 9.03 Å². The average Bonchev–Trinajstić information content (AvgIpc) is 2.13. The molecule has 0 rings (SSSR count). The number of hydrogen-bond donors (Lipinski definition) is 3. The first kappa shape index (κ1) is 14.6. The maximum atomic E-state index is 11.4. The Kier molecular flexibility index (Phi) is 5.75. The molecule has 0 atom stereocenters. The molecule has 0 saturated heterocycles. The van der Waals surface area contributed by atoms with E-state index in [1.807, 2.05) is 0 Å². The summed E-state index contributed by atoms with van der Waals surface area (Å²) >= 11 is 0. The maximum absolute atomic E-state index is 11.4. The largest absolute Gasteiger partial charge is 0.449 e. The molecule has 0 heterocycles. The molecule has 0 fully saturated rings. The molecule has 0 spiro atoms. The quantitative estimate of drug-likeness (QED) is 0.423. The molecule has 4 N–H and O–H groups in total. The van der Waals surface area contributed by atoms with Crippen LogP contribution in [-0.2, 0) is 14.9 Å². The third-order valence-electron chi connectivity index (χ3n) is 1.59. The number of rotatable bonds is 6. The third kappa shape index (κ3) is 5.51. The summed E-state index contributed by atoms with van der Waals surface area (Å²) in [6.45, 7) is 1.66. The number of amides is 1. The molecule has 1 amide bonds. The summed E-state index contributed by atoms with van der Waals surface area (Å²) < 4.78 is 29.9. The van der Waals surface area contributed by atoms with Crippen molar-refractivity contribution in [2.75, 3.05) is 20.2 Å². The lowest BCUT2D eigenvalue weighted by Crippen LogP contribution is -2.42. The second-order valence-corrected chi connectivity index (χ2v) is 4.70. The Morgan fingerprint density at radius 2 is 2.12 bits per heavy atom. The molecule has 16 heavy (non-hydrogen) atoms. The van der Waals surface area contributed by atoms with Gasteiger partial charge in [-0.25, -0.2) is 9.52 Å². The van der Waals surface area contributed by atoms with E-state index in [4.69, 9.17) is 11.1 Å². The highest BCUT2D eigenvalue weighted by Gasteiger charge is 2.20. The Morgan fingerprint density at radius 3 is 2.56 bits per heavy atom. The van der Waals surface area contributed by atoms with E-state index in [0.717, 1.165) is 4.31 Å². The van der Waals surface area contributed by atoms with E-state index in [-0.39, 0.29) is 25.4 Å². The topological polar surface area (TPSA) is 126 Å². The number of carbonyl (C=O) groups is 1. The Hall–Kier alpha value is -1.35. The molecule has 0 aromatic heterocycles. The standard InChI is InChI=1S/C7H16N4O4S/c1-3-15-7(12)10-16(13,14)11(2)5-4-6(8)9/h3-5H2,1-2H3,(H3,8,9)(H,10,12). The van der Waals surface area contributed by atoms with Crippen LogP contribution < -0.4 is 10.5 Å². The Morgan fingerprint density at radius 1 is 1.56 bits per heavy atom. The molecule has 0 radical (unpaired) electrons. The number of nitrogens with two attached hydrogens (primary N) is 1. The van der Waals surface area contributed by atoms with Gasteiger partial charge in [-0.2, -0.15) is 12.7 Å². The summed E-state index contributed by atoms with van der Waals surface area (Å²) in [4.78, 5) is 10.9. The van der Waals surface area contributed by atoms with Gasteiger partial charge in [0.05, 0.1) is 12.4 Å². The number of nitrogens with zero attached hydrogens (tertiary/aromatic N) is 1. The van der Waals surface area contributed by atoms with E-state index < -0.39 is 16.3 Å². The van der Waals surface area contributed by atoms with Crippen molar-refractivity contribution in [3.8, 4) is 0 Å². The molecule has 0 bridgehead atoms. The monoisotopic (exact) mass is 252 g/mol. The maximum Gasteiger partial charge on any atom is 0.421 e. The molecule has 0 saturated carbocycles. The summed E-state index contributed by atoms with van der Waals surface area (Å²) in [7, 11) is -2.65. The van der Waals surface area contributed by atoms with Crippen molar-refractivity contribution in [1.29, 1.82) is 5.41 Å². The predicted octanol–water partition coefficient (Wildman–Crippen LogP) is -0.765. The van der Waals surface area contributed by atoms with Gasteiger partial charge in [0.15, 0.2) is 0 Å². The van der Waals surface area contributed by atoms with E-state index in [1.54, 1.807) is 11.6 Å². The minimum absolute atomic E-state index is 0.0179. The van der Waals surface area contributed by atoms with Crippen LogP contribution in [-0.4, -0.2) is 44.9 Å². The SMILES string of the molecule is CCOC(=O)NS(=O)(=O)N(C)CCC(=N)N. The van der Waals surface area contributed by atoms with Gasteiger partial charge in [-0.3, -0.25) is 5.41 Å². The first-order valence-electron chi connectivity index (χ1n) is 4.53. The first-order valence-corrected chi connectivity index (χ1v) is 5.97. The fraction of sp³-hybridized carbons (Fsp3) is 0.714. The number of amidine groups is 1. The van der Waals surface area contributed by atoms with Gasteiger partial charge in [-0.05, 0) is 6.92 Å². The average molecular weight is 252 g/mol. The van der Waals surface area contributed by atoms with Crippen LogP contribution in [0.2, 0.25) is 0 Å². The van der Waals surface area contributed by atoms with Crippen LogP contribution in [0.1, 0.15) is 13.3 Å². The Labute approximate surface area is 94.4 Å². The fourth-order valence-electron chi connectivity index (χ4n) is 0.742. The van der Waals surface area contributed by atoms with E-state index in [9.17, 15) is 13.2 Å². The molecule has 0 aromatic rings. The second-order valence-electron chi connectivity index (χ2n) is 2.92. The third-order valence-corrected chi connectivity index (χ3v) is 3.02. The Balaban J connectivity index is 4.31. The predicted molar refractivity (Wildman–Crippen MR) is 58.2 cm³/mol. The van der Waals surface area contributed by atoms with Crippen molar-refractivity contribution in [3.05, 3.63) is 0 Å². The number of carbonyl (C=O) groups excluding carboxylic acids is 1. The lowest BCUT2D eigenvalue weighted by molar-refractivity contribution is 0.158. The van der Waals surface area contributed by atoms with Gasteiger partial charge in [0.2, 0.25) is 0 Å². The van der Waals surface area contributed by atoms with Crippen molar-refractivity contribution in [2.24, 2.45) is 5.73 Å². The van der Waals surface area contributed by atoms with E-state index in [2.05, 4.69) is 4.74 Å². The zero-order valence-electron chi connectivity index (χ0n) is 9.19. The molecule has 0 aliphatic heterocycles. The van der Waals surface area contributed by atoms with Crippen LogP contribution >= 0.6 is 0 Å². The van der Waals surface area contributed by atoms with Gasteiger partial charge in [0.25, 0.3) is 0 Å². The molecular weight excluding hydrogens is 236 g/mol. The summed E-state index contributed by atoms with van der Waals surface area (Å²) in [6, 6.07) is 0. The first-order chi connectivity index (χ1) is 7.29. The Bertz CT molecular complexity index is 353. The highest BCUT2D eigenvalue weighted by Crippen LogP contribution is 1.96. The van der Waals surface area contributed by atoms with E-state index in [0.29, 0.717) is 0 Å². The fourth-order valence-corrected chi connectivity index (χ4v) is 1.50. The van der Waals surface area contributed by atoms with Crippen LogP contribution in [0.5, 0.6) is 0 Å². The zero-order chi connectivity index (χ0) is 12.8. The van der Waals surface area contributed by atoms with Gasteiger partial charge in [-0.1, -0.05) is 0 Å². The van der Waals surface area contributed by atoms with E-state index >= 15 is 0 Å². The van der Waals surface area contributed by atoms with E-state index in [1.165, 1.54) is 7.05 Å². The van der Waals surface area contributed by atoms with Gasteiger partial charge >= 0.3 is 16.3 Å². The lowest BCUT2D eigenvalue weighted by atomic mass is 10.4. The highest BCUT2D eigenvalue weighted by molar-refractivity contribution is 7.87. The van der Waals surface area contributed by atoms with Crippen molar-refractivity contribution >= 4 is 22.1 Å². The van der Waals surface area contributed by atoms with Gasteiger partial charge in [0, 0.05) is 20.0 Å². The van der Waals surface area contributed by atoms with Gasteiger partial charge < -0.3 is 10.5 Å². The summed E-state index contributed by atoms with van der Waals surface area (Å²) in [5.74, 6) is -0.127. The van der Waals surface area contributed by atoms with Gasteiger partial charge in [0.1, 0.15) is 0 Å². The van der Waals surface area contributed by atoms with Crippen molar-refractivity contribution < 1.29 is 17.9 Å². The van der Waals surface area contributed by atoms with Crippen LogP contribution in [0.4, 0.5) is 4.79 Å². The summed E-state index contributed by atoms with van der Waals surface area (Å²) in [6.07, 6.45) is -0.933. The molecule has 0 unspecified atom stereocenters. The van der Waals surface area contributed by atoms with Crippen LogP contribution in [0.15, 0.2) is 0 Å². The number of ether oxygens (including phenoxy) is 1. The molecule has 0 aliphatic rings. The molecular formula is C7H16N4O4S. The van der Waals surface area contributed by atoms with Gasteiger partial charge in [-0.15, -0.1) is 0 Å². The second kappa shape index (κ2) is 6.28. The molecule has 9 heteroatoms. The van der Waals surface area contributed by atoms with Crippen molar-refractivity contribution in [2.45, 2.75) is 13.3 Å². The minimum atomic E-state index is -3.92. The zero-order valence-corrected chi connectivity index (χ0v) is 10.0. The number of nitrogens with one attached hydrogen (secondary N) is 2. The normalized spacial score (nSPS) is 11.2. The van der Waals surface area contributed by atoms with Crippen LogP contribution in [0, 0.1) is 5.41 Å². The molecule has 94 valence electrons.